The molecule has 2 saturated heterocycles. The van der Waals surface area contributed by atoms with E-state index in [1.54, 1.807) is 12.1 Å². The Hall–Kier alpha value is -3.33. The number of nitrogens with two attached hydrogens (primary N) is 1. The predicted octanol–water partition coefficient (Wildman–Crippen LogP) is 4.30. The average Bonchev–Trinajstić information content (AvgIpc) is 3.83. The molecule has 5 rings (SSSR count). The van der Waals surface area contributed by atoms with Crippen molar-refractivity contribution in [2.45, 2.75) is 117 Å². The van der Waals surface area contributed by atoms with Crippen molar-refractivity contribution in [2.24, 2.45) is 11.1 Å². The first kappa shape index (κ1) is 46.8. The van der Waals surface area contributed by atoms with Crippen molar-refractivity contribution in [3.63, 3.8) is 0 Å². The summed E-state index contributed by atoms with van der Waals surface area (Å²) in [6.45, 7) is 16.8. The van der Waals surface area contributed by atoms with E-state index in [9.17, 15) is 9.18 Å². The molecule has 3 aliphatic heterocycles. The Balaban J connectivity index is 0. The molecule has 3 fully saturated rings. The summed E-state index contributed by atoms with van der Waals surface area (Å²) in [6.07, 6.45) is 11.2. The van der Waals surface area contributed by atoms with Crippen LogP contribution in [0.2, 0.25) is 6.32 Å². The minimum atomic E-state index is -0.454. The molecular formula is C34H60BFN4O8. The van der Waals surface area contributed by atoms with Gasteiger partial charge >= 0.3 is 7.12 Å². The number of nitrogens with zero attached hydrogens (tertiary/aromatic N) is 2. The third kappa shape index (κ3) is 20.1. The van der Waals surface area contributed by atoms with Gasteiger partial charge in [0.2, 0.25) is 12.3 Å². The van der Waals surface area contributed by atoms with Gasteiger partial charge < -0.3 is 35.8 Å². The Kier molecular flexibility index (Phi) is 26.9. The van der Waals surface area contributed by atoms with Crippen LogP contribution in [0.3, 0.4) is 0 Å². The van der Waals surface area contributed by atoms with Crippen molar-refractivity contribution >= 4 is 32.4 Å². The maximum atomic E-state index is 13.0. The second-order valence-corrected chi connectivity index (χ2v) is 12.7. The molecule has 4 aliphatic rings. The van der Waals surface area contributed by atoms with Crippen molar-refractivity contribution in [3.8, 4) is 0 Å². The van der Waals surface area contributed by atoms with E-state index >= 15 is 0 Å². The molecule has 0 radical (unpaired) electrons. The number of benzene rings is 1. The molecule has 0 bridgehead atoms. The van der Waals surface area contributed by atoms with Crippen LogP contribution in [-0.4, -0.2) is 95.7 Å². The number of primary amides is 1. The number of rotatable bonds is 3. The highest BCUT2D eigenvalue weighted by Gasteiger charge is 2.38. The van der Waals surface area contributed by atoms with E-state index in [0.29, 0.717) is 18.0 Å². The molecule has 2 amide bonds. The number of carbonyl (C=O) groups is 4. The third-order valence-electron chi connectivity index (χ3n) is 7.70. The topological polar surface area (TPSA) is 183 Å². The second kappa shape index (κ2) is 27.6. The Morgan fingerprint density at radius 2 is 1.65 bits per heavy atom. The van der Waals surface area contributed by atoms with E-state index in [1.807, 2.05) is 20.0 Å². The lowest BCUT2D eigenvalue weighted by Gasteiger charge is -2.37. The highest BCUT2D eigenvalue weighted by Crippen LogP contribution is 2.28. The molecule has 274 valence electrons. The summed E-state index contributed by atoms with van der Waals surface area (Å²) >= 11 is 0. The number of likely N-dealkylation sites (tertiary alicyclic amines) is 1. The zero-order valence-corrected chi connectivity index (χ0v) is 29.8. The van der Waals surface area contributed by atoms with Gasteiger partial charge in [0.25, 0.3) is 12.9 Å². The van der Waals surface area contributed by atoms with Crippen molar-refractivity contribution in [2.75, 3.05) is 20.2 Å². The van der Waals surface area contributed by atoms with Crippen LogP contribution in [0.25, 0.3) is 0 Å². The number of amides is 2. The van der Waals surface area contributed by atoms with E-state index in [2.05, 4.69) is 55.1 Å². The highest BCUT2D eigenvalue weighted by molar-refractivity contribution is 6.43. The maximum absolute atomic E-state index is 13.0. The molecule has 3 heterocycles. The number of nitrogens with one attached hydrogen (secondary N) is 1. The molecule has 1 aromatic rings. The zero-order chi connectivity index (χ0) is 37.1. The first-order chi connectivity index (χ1) is 22.7. The molecule has 2 unspecified atom stereocenters. The number of carboxylic acid groups (broad SMARTS) is 2. The predicted molar refractivity (Wildman–Crippen MR) is 187 cm³/mol. The molecule has 48 heavy (non-hydrogen) atoms. The standard InChI is InChI=1S/C16H30N2O.C9H10FN.C3H7BO2.C3H6.CH3NO.2CH2O2/c1-12-8-7-11-18(12)15(19)14(16(2,3)4)17-13-9-5-6-10-13;1-11-5-7-3-2-4-9(10)8(7)6-11;5-4-2-1-3-6-4;1-3-2;3*2-1-3/h12-14,17H,5-11H2,1-4H3;2-4H,5-6H2,1H3;5H,1-3H2;3H,1H2,2H3;1H,(H2,2,3);2*1H,(H,2,3). The van der Waals surface area contributed by atoms with Gasteiger partial charge in [-0.05, 0) is 76.4 Å². The lowest BCUT2D eigenvalue weighted by atomic mass is 9.85. The van der Waals surface area contributed by atoms with Gasteiger partial charge in [-0.1, -0.05) is 51.8 Å². The number of halogens is 1. The Morgan fingerprint density at radius 1 is 1.10 bits per heavy atom. The quantitative estimate of drug-likeness (QED) is 0.175. The molecule has 14 heteroatoms. The summed E-state index contributed by atoms with van der Waals surface area (Å²) in [5.41, 5.74) is 6.16. The minimum absolute atomic E-state index is 0.0119. The first-order valence-corrected chi connectivity index (χ1v) is 16.4. The molecule has 2 atom stereocenters. The summed E-state index contributed by atoms with van der Waals surface area (Å²) < 4.78 is 17.7. The molecule has 6 N–H and O–H groups in total. The minimum Gasteiger partial charge on any atom is -0.483 e. The maximum Gasteiger partial charge on any atom is 0.454 e. The van der Waals surface area contributed by atoms with Gasteiger partial charge in [0.1, 0.15) is 5.82 Å². The summed E-state index contributed by atoms with van der Waals surface area (Å²) in [7, 11) is 1.55. The molecule has 1 aromatic carbocycles. The van der Waals surface area contributed by atoms with E-state index in [-0.39, 0.29) is 36.6 Å². The van der Waals surface area contributed by atoms with E-state index in [4.69, 9.17) is 34.3 Å². The van der Waals surface area contributed by atoms with E-state index in [1.165, 1.54) is 31.7 Å². The number of fused-ring (bicyclic) bond motifs is 1. The smallest absolute Gasteiger partial charge is 0.454 e. The van der Waals surface area contributed by atoms with Gasteiger partial charge in [-0.25, -0.2) is 4.39 Å². The van der Waals surface area contributed by atoms with Crippen molar-refractivity contribution in [3.05, 3.63) is 47.8 Å². The first-order valence-electron chi connectivity index (χ1n) is 16.4. The third-order valence-corrected chi connectivity index (χ3v) is 7.70. The van der Waals surface area contributed by atoms with Crippen LogP contribution in [0.1, 0.15) is 90.7 Å². The van der Waals surface area contributed by atoms with Crippen molar-refractivity contribution in [1.29, 1.82) is 0 Å². The molecule has 1 saturated carbocycles. The summed E-state index contributed by atoms with van der Waals surface area (Å²) in [4.78, 5) is 42.4. The highest BCUT2D eigenvalue weighted by atomic mass is 19.1. The largest absolute Gasteiger partial charge is 0.483 e. The van der Waals surface area contributed by atoms with Crippen LogP contribution < -0.4 is 11.1 Å². The van der Waals surface area contributed by atoms with Gasteiger partial charge in [-0.15, -0.1) is 6.58 Å². The molecule has 1 aliphatic carbocycles. The monoisotopic (exact) mass is 682 g/mol. The normalized spacial score (nSPS) is 18.4. The second-order valence-electron chi connectivity index (χ2n) is 12.7. The number of hydrogen-bond donors (Lipinski definition) is 5. The fourth-order valence-electron chi connectivity index (χ4n) is 5.55. The Bertz CT molecular complexity index is 1010. The summed E-state index contributed by atoms with van der Waals surface area (Å²) in [6, 6.07) is 6.22. The lowest BCUT2D eigenvalue weighted by molar-refractivity contribution is -0.137. The van der Waals surface area contributed by atoms with Gasteiger partial charge in [0.15, 0.2) is 0 Å². The summed E-state index contributed by atoms with van der Waals surface area (Å²) in [5.74, 6) is 0.260. The Morgan fingerprint density at radius 3 is 2.02 bits per heavy atom. The SMILES string of the molecule is C=CC.CC1CCCN1C(=O)C(NC1CCCC1)C(C)(C)C.CN1Cc2cccc(F)c2C1.NC=O.O=CO.O=CO.OB1CCCO1. The average molecular weight is 683 g/mol. The van der Waals surface area contributed by atoms with Crippen molar-refractivity contribution in [1.82, 2.24) is 15.1 Å². The number of hydrogen-bond acceptors (Lipinski definition) is 8. The Labute approximate surface area is 287 Å². The van der Waals surface area contributed by atoms with Crippen LogP contribution >= 0.6 is 0 Å². The molecule has 12 nitrogen and oxygen atoms in total. The lowest BCUT2D eigenvalue weighted by Crippen LogP contribution is -2.56. The zero-order valence-electron chi connectivity index (χ0n) is 29.8. The van der Waals surface area contributed by atoms with Gasteiger partial charge in [0, 0.05) is 43.9 Å². The fraction of sp³-hybridized carbons (Fsp3) is 0.647. The van der Waals surface area contributed by atoms with Gasteiger partial charge in [-0.3, -0.25) is 24.1 Å². The number of allylic oxidation sites excluding steroid dienone is 1. The van der Waals surface area contributed by atoms with Gasteiger partial charge in [0.05, 0.1) is 6.04 Å². The summed E-state index contributed by atoms with van der Waals surface area (Å²) in [5, 5.41) is 25.9. The van der Waals surface area contributed by atoms with Crippen molar-refractivity contribution < 1.29 is 43.5 Å². The molecule has 0 spiro atoms. The van der Waals surface area contributed by atoms with E-state index in [0.717, 1.165) is 63.0 Å². The fourth-order valence-corrected chi connectivity index (χ4v) is 5.55. The van der Waals surface area contributed by atoms with Crippen LogP contribution in [0.4, 0.5) is 4.39 Å². The van der Waals surface area contributed by atoms with E-state index < -0.39 is 7.12 Å². The van der Waals surface area contributed by atoms with Crippen LogP contribution in [0.15, 0.2) is 30.9 Å². The van der Waals surface area contributed by atoms with Gasteiger partial charge in [-0.2, -0.15) is 0 Å². The van der Waals surface area contributed by atoms with Crippen LogP contribution in [0.5, 0.6) is 0 Å². The molecular weight excluding hydrogens is 622 g/mol. The van der Waals surface area contributed by atoms with Crippen LogP contribution in [-0.2, 0) is 36.9 Å². The molecule has 0 aromatic heterocycles. The number of carbonyl (C=O) groups excluding carboxylic acids is 2. The van der Waals surface area contributed by atoms with Crippen LogP contribution in [0, 0.1) is 11.2 Å².